The van der Waals surface area contributed by atoms with E-state index in [1.807, 2.05) is 0 Å². The van der Waals surface area contributed by atoms with Crippen LogP contribution in [0.1, 0.15) is 11.1 Å². The maximum absolute atomic E-state index is 12.9. The summed E-state index contributed by atoms with van der Waals surface area (Å²) < 4.78 is 18.4. The zero-order chi connectivity index (χ0) is 13.8. The van der Waals surface area contributed by atoms with Crippen LogP contribution in [-0.2, 0) is 6.61 Å². The Morgan fingerprint density at radius 3 is 2.47 bits per heavy atom. The molecule has 0 radical (unpaired) electrons. The number of hydrogen-bond acceptors (Lipinski definition) is 2. The number of hydrogen-bond donors (Lipinski definition) is 2. The topological polar surface area (TPSA) is 59.1 Å². The predicted octanol–water partition coefficient (Wildman–Crippen LogP) is 3.34. The van der Waals surface area contributed by atoms with Gasteiger partial charge in [-0.15, -0.1) is 0 Å². The molecule has 0 unspecified atom stereocenters. The summed E-state index contributed by atoms with van der Waals surface area (Å²) in [5.41, 5.74) is 6.69. The molecular formula is C14H12ClFN2O. The zero-order valence-corrected chi connectivity index (χ0v) is 10.7. The molecule has 0 heterocycles. The molecular weight excluding hydrogens is 267 g/mol. The van der Waals surface area contributed by atoms with E-state index in [1.165, 1.54) is 12.1 Å². The second-order valence-corrected chi connectivity index (χ2v) is 4.37. The number of benzene rings is 2. The summed E-state index contributed by atoms with van der Waals surface area (Å²) in [6, 6.07) is 11.0. The van der Waals surface area contributed by atoms with Crippen LogP contribution in [0.4, 0.5) is 4.39 Å². The van der Waals surface area contributed by atoms with Crippen molar-refractivity contribution in [3.8, 4) is 5.75 Å². The maximum Gasteiger partial charge on any atom is 0.124 e. The van der Waals surface area contributed by atoms with E-state index in [2.05, 4.69) is 0 Å². The van der Waals surface area contributed by atoms with Crippen LogP contribution in [0, 0.1) is 11.2 Å². The van der Waals surface area contributed by atoms with Gasteiger partial charge in [-0.3, -0.25) is 5.41 Å². The van der Waals surface area contributed by atoms with Crippen LogP contribution in [0.3, 0.4) is 0 Å². The average molecular weight is 279 g/mol. The first kappa shape index (κ1) is 13.4. The van der Waals surface area contributed by atoms with Crippen molar-refractivity contribution in [2.45, 2.75) is 6.61 Å². The molecule has 2 rings (SSSR count). The van der Waals surface area contributed by atoms with Gasteiger partial charge >= 0.3 is 0 Å². The lowest BCUT2D eigenvalue weighted by Crippen LogP contribution is -2.10. The van der Waals surface area contributed by atoms with E-state index in [0.29, 0.717) is 21.9 Å². The second kappa shape index (κ2) is 5.71. The van der Waals surface area contributed by atoms with Gasteiger partial charge in [0.05, 0.1) is 5.02 Å². The van der Waals surface area contributed by atoms with Crippen LogP contribution in [-0.4, -0.2) is 5.84 Å². The first-order valence-corrected chi connectivity index (χ1v) is 5.95. The standard InChI is InChI=1S/C14H12ClFN2O/c15-13-7-11(16)4-1-10(13)8-19-12-5-2-9(3-6-12)14(17)18/h1-7H,8H2,(H3,17,18). The molecule has 0 aliphatic carbocycles. The fourth-order valence-electron chi connectivity index (χ4n) is 1.53. The number of nitrogen functional groups attached to an aromatic ring is 1. The third-order valence-corrected chi connectivity index (χ3v) is 2.93. The molecule has 0 aliphatic rings. The quantitative estimate of drug-likeness (QED) is 0.666. The number of halogens is 2. The molecule has 0 saturated heterocycles. The highest BCUT2D eigenvalue weighted by Crippen LogP contribution is 2.20. The molecule has 0 spiro atoms. The zero-order valence-electron chi connectivity index (χ0n) is 9.99. The van der Waals surface area contributed by atoms with Crippen molar-refractivity contribution in [3.63, 3.8) is 0 Å². The summed E-state index contributed by atoms with van der Waals surface area (Å²) in [5, 5.41) is 7.61. The molecule has 0 aliphatic heterocycles. The van der Waals surface area contributed by atoms with Gasteiger partial charge in [0.1, 0.15) is 24.0 Å². The van der Waals surface area contributed by atoms with Crippen molar-refractivity contribution in [2.24, 2.45) is 5.73 Å². The third kappa shape index (κ3) is 3.45. The minimum Gasteiger partial charge on any atom is -0.489 e. The van der Waals surface area contributed by atoms with E-state index in [4.69, 9.17) is 27.5 Å². The highest BCUT2D eigenvalue weighted by Gasteiger charge is 2.03. The Kier molecular flexibility index (Phi) is 4.02. The maximum atomic E-state index is 12.9. The van der Waals surface area contributed by atoms with Crippen molar-refractivity contribution in [2.75, 3.05) is 0 Å². The Labute approximate surface area is 115 Å². The first-order valence-electron chi connectivity index (χ1n) is 5.57. The van der Waals surface area contributed by atoms with E-state index >= 15 is 0 Å². The fraction of sp³-hybridized carbons (Fsp3) is 0.0714. The molecule has 0 aromatic heterocycles. The number of ether oxygens (including phenoxy) is 1. The van der Waals surface area contributed by atoms with Crippen LogP contribution in [0.25, 0.3) is 0 Å². The fourth-order valence-corrected chi connectivity index (χ4v) is 1.75. The highest BCUT2D eigenvalue weighted by molar-refractivity contribution is 6.31. The lowest BCUT2D eigenvalue weighted by atomic mass is 10.2. The Balaban J connectivity index is 2.04. The predicted molar refractivity (Wildman–Crippen MR) is 73.2 cm³/mol. The molecule has 0 amide bonds. The average Bonchev–Trinajstić information content (AvgIpc) is 2.38. The molecule has 0 saturated carbocycles. The van der Waals surface area contributed by atoms with Crippen LogP contribution in [0.15, 0.2) is 42.5 Å². The third-order valence-electron chi connectivity index (χ3n) is 2.57. The first-order chi connectivity index (χ1) is 9.06. The molecule has 2 aromatic carbocycles. The minimum atomic E-state index is -0.375. The molecule has 0 bridgehead atoms. The molecule has 5 heteroatoms. The summed E-state index contributed by atoms with van der Waals surface area (Å²) in [4.78, 5) is 0. The molecule has 19 heavy (non-hydrogen) atoms. The van der Waals surface area contributed by atoms with Gasteiger partial charge in [-0.2, -0.15) is 0 Å². The van der Waals surface area contributed by atoms with Crippen LogP contribution in [0.2, 0.25) is 5.02 Å². The lowest BCUT2D eigenvalue weighted by molar-refractivity contribution is 0.306. The van der Waals surface area contributed by atoms with Gasteiger partial charge in [0.25, 0.3) is 0 Å². The van der Waals surface area contributed by atoms with Crippen LogP contribution >= 0.6 is 11.6 Å². The highest BCUT2D eigenvalue weighted by atomic mass is 35.5. The Morgan fingerprint density at radius 2 is 1.89 bits per heavy atom. The number of nitrogens with one attached hydrogen (secondary N) is 1. The molecule has 3 nitrogen and oxygen atoms in total. The summed E-state index contributed by atoms with van der Waals surface area (Å²) in [6.45, 7) is 0.249. The Bertz CT molecular complexity index is 599. The van der Waals surface area contributed by atoms with E-state index in [-0.39, 0.29) is 18.3 Å². The van der Waals surface area contributed by atoms with Gasteiger partial charge < -0.3 is 10.5 Å². The smallest absolute Gasteiger partial charge is 0.124 e. The summed E-state index contributed by atoms with van der Waals surface area (Å²) in [5.74, 6) is 0.262. The lowest BCUT2D eigenvalue weighted by Gasteiger charge is -2.08. The van der Waals surface area contributed by atoms with Gasteiger partial charge in [-0.25, -0.2) is 4.39 Å². The second-order valence-electron chi connectivity index (χ2n) is 3.96. The van der Waals surface area contributed by atoms with E-state index in [1.54, 1.807) is 30.3 Å². The largest absolute Gasteiger partial charge is 0.489 e. The van der Waals surface area contributed by atoms with Crippen molar-refractivity contribution < 1.29 is 9.13 Å². The normalized spacial score (nSPS) is 10.2. The SMILES string of the molecule is N=C(N)c1ccc(OCc2ccc(F)cc2Cl)cc1. The van der Waals surface area contributed by atoms with Crippen molar-refractivity contribution in [1.29, 1.82) is 5.41 Å². The summed E-state index contributed by atoms with van der Waals surface area (Å²) in [7, 11) is 0. The minimum absolute atomic E-state index is 0.00753. The van der Waals surface area contributed by atoms with Gasteiger partial charge in [-0.1, -0.05) is 17.7 Å². The molecule has 0 atom stereocenters. The van der Waals surface area contributed by atoms with Gasteiger partial charge in [0.2, 0.25) is 0 Å². The number of amidine groups is 1. The van der Waals surface area contributed by atoms with Crippen molar-refractivity contribution in [1.82, 2.24) is 0 Å². The Morgan fingerprint density at radius 1 is 1.21 bits per heavy atom. The van der Waals surface area contributed by atoms with Crippen LogP contribution < -0.4 is 10.5 Å². The summed E-state index contributed by atoms with van der Waals surface area (Å²) >= 11 is 5.90. The van der Waals surface area contributed by atoms with E-state index in [9.17, 15) is 4.39 Å². The van der Waals surface area contributed by atoms with E-state index < -0.39 is 0 Å². The van der Waals surface area contributed by atoms with Gasteiger partial charge in [0, 0.05) is 11.1 Å². The summed E-state index contributed by atoms with van der Waals surface area (Å²) in [6.07, 6.45) is 0. The van der Waals surface area contributed by atoms with E-state index in [0.717, 1.165) is 0 Å². The van der Waals surface area contributed by atoms with Gasteiger partial charge in [-0.05, 0) is 36.4 Å². The molecule has 2 aromatic rings. The molecule has 98 valence electrons. The Hall–Kier alpha value is -2.07. The monoisotopic (exact) mass is 278 g/mol. The number of rotatable bonds is 4. The molecule has 3 N–H and O–H groups in total. The van der Waals surface area contributed by atoms with Crippen molar-refractivity contribution in [3.05, 3.63) is 64.4 Å². The molecule has 0 fully saturated rings. The number of nitrogens with two attached hydrogens (primary N) is 1. The van der Waals surface area contributed by atoms with Gasteiger partial charge in [0.15, 0.2) is 0 Å². The van der Waals surface area contributed by atoms with Crippen LogP contribution in [0.5, 0.6) is 5.75 Å². The van der Waals surface area contributed by atoms with Crippen molar-refractivity contribution >= 4 is 17.4 Å².